The van der Waals surface area contributed by atoms with Crippen molar-refractivity contribution in [2.45, 2.75) is 173 Å². The second-order valence-corrected chi connectivity index (χ2v) is 21.8. The van der Waals surface area contributed by atoms with Gasteiger partial charge < -0.3 is 33.9 Å². The van der Waals surface area contributed by atoms with Gasteiger partial charge in [-0.25, -0.2) is 0 Å². The van der Waals surface area contributed by atoms with Gasteiger partial charge in [0.2, 0.25) is 0 Å². The number of benzene rings is 6. The maximum atomic E-state index is 9.44. The lowest BCUT2D eigenvalue weighted by Crippen LogP contribution is -2.06. The summed E-state index contributed by atoms with van der Waals surface area (Å²) in [4.78, 5) is 21.4. The predicted molar refractivity (Wildman–Crippen MR) is 325 cm³/mol. The van der Waals surface area contributed by atoms with Crippen molar-refractivity contribution in [1.82, 2.24) is 0 Å². The number of oxime groups is 4. The van der Waals surface area contributed by atoms with Gasteiger partial charge in [-0.2, -0.15) is 0 Å². The molecular formula is C68H88N4O7. The van der Waals surface area contributed by atoms with E-state index in [2.05, 4.69) is 149 Å². The van der Waals surface area contributed by atoms with Crippen LogP contribution in [-0.4, -0.2) is 41.2 Å². The molecule has 11 nitrogen and oxygen atoms in total. The zero-order valence-electron chi connectivity index (χ0n) is 50.0. The largest absolute Gasteiger partial charge is 0.496 e. The van der Waals surface area contributed by atoms with Crippen LogP contribution in [0.5, 0.6) is 11.5 Å². The zero-order valence-corrected chi connectivity index (χ0v) is 50.0. The van der Waals surface area contributed by atoms with Crippen molar-refractivity contribution in [2.75, 3.05) is 7.11 Å². The van der Waals surface area contributed by atoms with Gasteiger partial charge in [-0.1, -0.05) is 160 Å². The summed E-state index contributed by atoms with van der Waals surface area (Å²) in [5.74, 6) is 2.47. The van der Waals surface area contributed by atoms with Crippen LogP contribution in [0, 0.1) is 54.4 Å². The van der Waals surface area contributed by atoms with Crippen LogP contribution in [0.2, 0.25) is 0 Å². The third-order valence-corrected chi connectivity index (χ3v) is 13.3. The molecule has 1 N–H and O–H groups in total. The second kappa shape index (κ2) is 31.4. The molecule has 4 atom stereocenters. The molecule has 4 heterocycles. The van der Waals surface area contributed by atoms with Crippen LogP contribution in [0.1, 0.15) is 178 Å². The van der Waals surface area contributed by atoms with Crippen molar-refractivity contribution in [1.29, 1.82) is 0 Å². The molecule has 0 saturated carbocycles. The molecule has 79 heavy (non-hydrogen) atoms. The van der Waals surface area contributed by atoms with Gasteiger partial charge in [-0.05, 0) is 165 Å². The fourth-order valence-corrected chi connectivity index (χ4v) is 9.54. The summed E-state index contributed by atoms with van der Waals surface area (Å²) in [6.07, 6.45) is 5.23. The summed E-state index contributed by atoms with van der Waals surface area (Å²) >= 11 is 0. The number of hydrogen-bond acceptors (Lipinski definition) is 11. The molecule has 0 bridgehead atoms. The lowest BCUT2D eigenvalue weighted by molar-refractivity contribution is 0.0817. The fourth-order valence-electron chi connectivity index (χ4n) is 9.54. The predicted octanol–water partition coefficient (Wildman–Crippen LogP) is 17.1. The molecule has 0 amide bonds. The van der Waals surface area contributed by atoms with Crippen molar-refractivity contribution in [3.8, 4) is 11.5 Å². The van der Waals surface area contributed by atoms with E-state index in [0.717, 1.165) is 82.6 Å². The molecule has 6 aromatic rings. The Bertz CT molecular complexity index is 2860. The van der Waals surface area contributed by atoms with E-state index < -0.39 is 0 Å². The summed E-state index contributed by atoms with van der Waals surface area (Å²) in [5.41, 5.74) is 20.0. The summed E-state index contributed by atoms with van der Waals surface area (Å²) in [6, 6.07) is 43.7. The lowest BCUT2D eigenvalue weighted by atomic mass is 9.93. The van der Waals surface area contributed by atoms with Crippen molar-refractivity contribution in [3.05, 3.63) is 200 Å². The summed E-state index contributed by atoms with van der Waals surface area (Å²) in [5, 5.41) is 25.3. The highest BCUT2D eigenvalue weighted by atomic mass is 16.7. The van der Waals surface area contributed by atoms with Gasteiger partial charge >= 0.3 is 0 Å². The van der Waals surface area contributed by atoms with E-state index in [0.29, 0.717) is 0 Å². The number of nitrogens with zero attached hydrogens (tertiary/aromatic N) is 4. The second-order valence-electron chi connectivity index (χ2n) is 21.8. The quantitative estimate of drug-likeness (QED) is 0.145. The van der Waals surface area contributed by atoms with E-state index in [9.17, 15) is 5.11 Å². The molecular weight excluding hydrogens is 985 g/mol. The van der Waals surface area contributed by atoms with Gasteiger partial charge in [0.15, 0.2) is 24.4 Å². The molecule has 422 valence electrons. The molecule has 6 aromatic carbocycles. The molecule has 4 aliphatic heterocycles. The number of rotatable bonds is 10. The first kappa shape index (κ1) is 62.6. The van der Waals surface area contributed by atoms with Crippen LogP contribution in [0.15, 0.2) is 148 Å². The Morgan fingerprint density at radius 2 is 0.937 bits per heavy atom. The lowest BCUT2D eigenvalue weighted by Gasteiger charge is -2.17. The molecule has 0 fully saturated rings. The first-order valence-electron chi connectivity index (χ1n) is 27.8. The Balaban J connectivity index is 0.000000176. The van der Waals surface area contributed by atoms with E-state index in [1.807, 2.05) is 103 Å². The Labute approximate surface area is 472 Å². The van der Waals surface area contributed by atoms with Gasteiger partial charge in [-0.15, -0.1) is 0 Å². The molecule has 11 heteroatoms. The van der Waals surface area contributed by atoms with Crippen molar-refractivity contribution >= 4 is 22.8 Å². The standard InChI is InChI=1S/C13H17NO3.C13H17NO.C11H13NO.C11H16.C10H11NO.C10H14O/c1-8-4-10(7-15)13(11(5-8)16-3)12-6-9(2)14-17-12;1-8-5-9(2)13(10(3)6-8)12-7-11(4)14-15-12;1-8-5-3-4-6-10(8)11-7-9(2)12-13-11;1-9(2)8-11-6-4-10(3)5-7-11;1-8-7-10(12-11-8)9-5-3-2-4-6-9;1-8(2)11-10-6-4-9(3)5-7-10/h4-5,12,15H,6-7H2,1-3H3;5-6,12H,7H2,1-4H3;3-6,11H,7H2,1-2H3;4-7,9H,8H2,1-3H3;2-6,10H,7H2,1H3;4-8H,1-3H3. The summed E-state index contributed by atoms with van der Waals surface area (Å²) in [7, 11) is 1.63. The van der Waals surface area contributed by atoms with Crippen LogP contribution in [0.25, 0.3) is 0 Å². The highest BCUT2D eigenvalue weighted by Gasteiger charge is 2.27. The zero-order chi connectivity index (χ0) is 57.6. The summed E-state index contributed by atoms with van der Waals surface area (Å²) in [6.45, 7) is 31.2. The topological polar surface area (TPSA) is 125 Å². The minimum absolute atomic E-state index is 0.0215. The monoisotopic (exact) mass is 1070 g/mol. The molecule has 0 saturated heterocycles. The van der Waals surface area contributed by atoms with Crippen molar-refractivity contribution in [3.63, 3.8) is 0 Å². The van der Waals surface area contributed by atoms with Crippen molar-refractivity contribution < 1.29 is 33.9 Å². The van der Waals surface area contributed by atoms with E-state index in [4.69, 9.17) is 28.8 Å². The van der Waals surface area contributed by atoms with E-state index >= 15 is 0 Å². The molecule has 4 aliphatic rings. The van der Waals surface area contributed by atoms with E-state index in [1.165, 1.54) is 62.1 Å². The average molecular weight is 1070 g/mol. The number of methoxy groups -OCH3 is 1. The summed E-state index contributed by atoms with van der Waals surface area (Å²) < 4.78 is 10.8. The van der Waals surface area contributed by atoms with E-state index in [-0.39, 0.29) is 37.1 Å². The minimum Gasteiger partial charge on any atom is -0.496 e. The Kier molecular flexibility index (Phi) is 24.9. The van der Waals surface area contributed by atoms with Gasteiger partial charge in [0, 0.05) is 36.8 Å². The third-order valence-electron chi connectivity index (χ3n) is 13.3. The highest BCUT2D eigenvalue weighted by Crippen LogP contribution is 2.38. The molecule has 0 radical (unpaired) electrons. The number of aryl methyl sites for hydroxylation is 7. The van der Waals surface area contributed by atoms with Crippen LogP contribution >= 0.6 is 0 Å². The smallest absolute Gasteiger partial charge is 0.161 e. The maximum Gasteiger partial charge on any atom is 0.161 e. The normalized spacial score (nSPS) is 17.5. The molecule has 0 aromatic heterocycles. The van der Waals surface area contributed by atoms with Crippen LogP contribution in [0.3, 0.4) is 0 Å². The first-order chi connectivity index (χ1) is 37.7. The number of ether oxygens (including phenoxy) is 2. The van der Waals surface area contributed by atoms with Crippen LogP contribution in [-0.2, 0) is 32.4 Å². The van der Waals surface area contributed by atoms with Gasteiger partial charge in [0.05, 0.1) is 42.7 Å². The van der Waals surface area contributed by atoms with Gasteiger partial charge in [0.1, 0.15) is 11.5 Å². The maximum absolute atomic E-state index is 9.44. The number of aliphatic hydroxyl groups excluding tert-OH is 1. The minimum atomic E-state index is -0.146. The number of aliphatic hydroxyl groups is 1. The Hall–Kier alpha value is -7.24. The molecule has 4 unspecified atom stereocenters. The SMILES string of the molecule is CC1=NOC(c2c(C)cc(C)cc2C)C1.CC1=NOC(c2ccccc2)C1.CC1=NOC(c2ccccc2C)C1.COc1cc(C)cc(CO)c1C1CC(C)=NO1.Cc1ccc(CC(C)C)cc1.Cc1ccc(OC(C)C)cc1. The molecule has 0 spiro atoms. The Morgan fingerprint density at radius 3 is 1.39 bits per heavy atom. The first-order valence-corrected chi connectivity index (χ1v) is 27.8. The van der Waals surface area contributed by atoms with Gasteiger partial charge in [0.25, 0.3) is 0 Å². The van der Waals surface area contributed by atoms with Crippen molar-refractivity contribution in [2.24, 2.45) is 26.5 Å². The highest BCUT2D eigenvalue weighted by molar-refractivity contribution is 5.84. The number of hydrogen-bond donors (Lipinski definition) is 1. The molecule has 10 rings (SSSR count). The average Bonchev–Trinajstić information content (AvgIpc) is 4.27. The van der Waals surface area contributed by atoms with Crippen LogP contribution in [0.4, 0.5) is 0 Å². The fraction of sp³-hybridized carbons (Fsp3) is 0.412. The van der Waals surface area contributed by atoms with Crippen LogP contribution < -0.4 is 9.47 Å². The Morgan fingerprint density at radius 1 is 0.481 bits per heavy atom. The molecule has 0 aliphatic carbocycles. The third kappa shape index (κ3) is 20.5. The van der Waals surface area contributed by atoms with E-state index in [1.54, 1.807) is 7.11 Å². The van der Waals surface area contributed by atoms with Gasteiger partial charge in [-0.3, -0.25) is 0 Å².